The van der Waals surface area contributed by atoms with Gasteiger partial charge in [-0.1, -0.05) is 23.7 Å². The third-order valence-electron chi connectivity index (χ3n) is 4.01. The van der Waals surface area contributed by atoms with E-state index in [0.29, 0.717) is 16.5 Å². The second kappa shape index (κ2) is 7.97. The number of hydrogen-bond acceptors (Lipinski definition) is 4. The van der Waals surface area contributed by atoms with Crippen LogP contribution in [0.4, 0.5) is 5.69 Å². The molecule has 0 aliphatic carbocycles. The maximum absolute atomic E-state index is 12.7. The first-order chi connectivity index (χ1) is 12.1. The molecule has 6 nitrogen and oxygen atoms in total. The van der Waals surface area contributed by atoms with Gasteiger partial charge in [-0.15, -0.1) is 0 Å². The number of nitrogens with zero attached hydrogens (tertiary/aromatic N) is 1. The molecule has 0 saturated heterocycles. The van der Waals surface area contributed by atoms with Gasteiger partial charge in [0.05, 0.1) is 30.7 Å². The molecule has 1 atom stereocenters. The summed E-state index contributed by atoms with van der Waals surface area (Å²) in [6.45, 7) is 1.85. The zero-order valence-corrected chi connectivity index (χ0v) is 16.6. The number of anilines is 1. The second-order valence-corrected chi connectivity index (χ2v) is 8.31. The normalized spacial score (nSPS) is 12.3. The lowest BCUT2D eigenvalue weighted by atomic mass is 10.1. The zero-order valence-electron chi connectivity index (χ0n) is 15.0. The van der Waals surface area contributed by atoms with Crippen LogP contribution in [0.25, 0.3) is 0 Å². The van der Waals surface area contributed by atoms with Crippen molar-refractivity contribution in [2.75, 3.05) is 24.7 Å². The van der Waals surface area contributed by atoms with Crippen molar-refractivity contribution < 1.29 is 17.9 Å². The molecule has 0 bridgehead atoms. The SMILES string of the molecule is COc1ccc(N(C)S(C)(=O)=O)cc1C(=O)N[C@@H](C)c1ccc(Cl)cc1. The smallest absolute Gasteiger partial charge is 0.255 e. The van der Waals surface area contributed by atoms with Crippen molar-refractivity contribution in [3.63, 3.8) is 0 Å². The van der Waals surface area contributed by atoms with Gasteiger partial charge in [0.1, 0.15) is 5.75 Å². The Kier molecular flexibility index (Phi) is 6.15. The third-order valence-corrected chi connectivity index (χ3v) is 5.46. The summed E-state index contributed by atoms with van der Waals surface area (Å²) in [6, 6.07) is 11.5. The number of benzene rings is 2. The summed E-state index contributed by atoms with van der Waals surface area (Å²) < 4.78 is 29.8. The van der Waals surface area contributed by atoms with Gasteiger partial charge in [0.25, 0.3) is 5.91 Å². The van der Waals surface area contributed by atoms with Gasteiger partial charge in [-0.25, -0.2) is 8.42 Å². The Labute approximate surface area is 158 Å². The van der Waals surface area contributed by atoms with Crippen molar-refractivity contribution in [3.05, 3.63) is 58.6 Å². The highest BCUT2D eigenvalue weighted by Crippen LogP contribution is 2.26. The van der Waals surface area contributed by atoms with Crippen molar-refractivity contribution in [2.45, 2.75) is 13.0 Å². The molecule has 2 rings (SSSR count). The molecule has 2 aromatic rings. The number of nitrogens with one attached hydrogen (secondary N) is 1. The molecule has 0 unspecified atom stereocenters. The van der Waals surface area contributed by atoms with Crippen LogP contribution in [-0.2, 0) is 10.0 Å². The van der Waals surface area contributed by atoms with Gasteiger partial charge in [-0.2, -0.15) is 0 Å². The minimum atomic E-state index is -3.44. The summed E-state index contributed by atoms with van der Waals surface area (Å²) in [5.41, 5.74) is 1.52. The van der Waals surface area contributed by atoms with Gasteiger partial charge in [-0.05, 0) is 42.8 Å². The Balaban J connectivity index is 2.30. The molecule has 2 aromatic carbocycles. The molecular formula is C18H21ClN2O4S. The van der Waals surface area contributed by atoms with E-state index in [1.165, 1.54) is 20.2 Å². The van der Waals surface area contributed by atoms with Crippen molar-refractivity contribution in [3.8, 4) is 5.75 Å². The Morgan fingerprint density at radius 3 is 2.35 bits per heavy atom. The first kappa shape index (κ1) is 20.1. The fourth-order valence-electron chi connectivity index (χ4n) is 2.37. The molecule has 0 radical (unpaired) electrons. The number of methoxy groups -OCH3 is 1. The molecule has 0 aliphatic heterocycles. The summed E-state index contributed by atoms with van der Waals surface area (Å²) in [7, 11) is -0.561. The van der Waals surface area contributed by atoms with Gasteiger partial charge >= 0.3 is 0 Å². The molecule has 0 fully saturated rings. The molecule has 0 aromatic heterocycles. The Morgan fingerprint density at radius 1 is 1.19 bits per heavy atom. The van der Waals surface area contributed by atoms with E-state index >= 15 is 0 Å². The standard InChI is InChI=1S/C18H21ClN2O4S/c1-12(13-5-7-14(19)8-6-13)20-18(22)16-11-15(9-10-17(16)25-3)21(2)26(4,23)24/h5-12H,1-4H3,(H,20,22)/t12-/m0/s1. The number of halogens is 1. The Morgan fingerprint density at radius 2 is 1.81 bits per heavy atom. The number of hydrogen-bond donors (Lipinski definition) is 1. The van der Waals surface area contributed by atoms with E-state index in [0.717, 1.165) is 16.1 Å². The quantitative estimate of drug-likeness (QED) is 0.813. The lowest BCUT2D eigenvalue weighted by molar-refractivity contribution is 0.0937. The third kappa shape index (κ3) is 4.68. The Bertz CT molecular complexity index is 898. The largest absolute Gasteiger partial charge is 0.496 e. The topological polar surface area (TPSA) is 75.7 Å². The number of rotatable bonds is 6. The average Bonchev–Trinajstić information content (AvgIpc) is 2.60. The first-order valence-electron chi connectivity index (χ1n) is 7.81. The summed E-state index contributed by atoms with van der Waals surface area (Å²) in [5.74, 6) is -0.00971. The number of carbonyl (C=O) groups excluding carboxylic acids is 1. The molecule has 0 saturated carbocycles. The molecule has 140 valence electrons. The van der Waals surface area contributed by atoms with Crippen LogP contribution in [-0.4, -0.2) is 34.7 Å². The van der Waals surface area contributed by atoms with Crippen LogP contribution in [0.3, 0.4) is 0 Å². The van der Waals surface area contributed by atoms with Crippen LogP contribution in [0.1, 0.15) is 28.9 Å². The predicted octanol–water partition coefficient (Wildman–Crippen LogP) is 3.24. The average molecular weight is 397 g/mol. The molecular weight excluding hydrogens is 376 g/mol. The monoisotopic (exact) mass is 396 g/mol. The number of ether oxygens (including phenoxy) is 1. The highest BCUT2D eigenvalue weighted by Gasteiger charge is 2.19. The molecule has 1 amide bonds. The van der Waals surface area contributed by atoms with Crippen molar-refractivity contribution in [1.29, 1.82) is 0 Å². The van der Waals surface area contributed by atoms with E-state index < -0.39 is 10.0 Å². The number of carbonyl (C=O) groups is 1. The van der Waals surface area contributed by atoms with Gasteiger partial charge in [0.15, 0.2) is 0 Å². The summed E-state index contributed by atoms with van der Waals surface area (Å²) in [5, 5.41) is 3.50. The fraction of sp³-hybridized carbons (Fsp3) is 0.278. The first-order valence-corrected chi connectivity index (χ1v) is 10.0. The van der Waals surface area contributed by atoms with E-state index in [4.69, 9.17) is 16.3 Å². The minimum Gasteiger partial charge on any atom is -0.496 e. The van der Waals surface area contributed by atoms with Crippen molar-refractivity contribution in [1.82, 2.24) is 5.32 Å². The molecule has 8 heteroatoms. The fourth-order valence-corrected chi connectivity index (χ4v) is 2.99. The van der Waals surface area contributed by atoms with Gasteiger partial charge in [0, 0.05) is 12.1 Å². The summed E-state index contributed by atoms with van der Waals surface area (Å²) >= 11 is 5.88. The number of sulfonamides is 1. The molecule has 0 aliphatic rings. The van der Waals surface area contributed by atoms with Gasteiger partial charge in [0.2, 0.25) is 10.0 Å². The lowest BCUT2D eigenvalue weighted by Crippen LogP contribution is -2.28. The van der Waals surface area contributed by atoms with E-state index in [9.17, 15) is 13.2 Å². The second-order valence-electron chi connectivity index (χ2n) is 5.86. The van der Waals surface area contributed by atoms with Crippen LogP contribution in [0.15, 0.2) is 42.5 Å². The van der Waals surface area contributed by atoms with E-state index in [-0.39, 0.29) is 17.5 Å². The molecule has 0 spiro atoms. The Hall–Kier alpha value is -2.25. The maximum Gasteiger partial charge on any atom is 0.255 e. The van der Waals surface area contributed by atoms with Crippen LogP contribution in [0.2, 0.25) is 5.02 Å². The van der Waals surface area contributed by atoms with Gasteiger partial charge in [-0.3, -0.25) is 9.10 Å². The highest BCUT2D eigenvalue weighted by atomic mass is 35.5. The van der Waals surface area contributed by atoms with Crippen LogP contribution in [0.5, 0.6) is 5.75 Å². The minimum absolute atomic E-state index is 0.251. The molecule has 0 heterocycles. The van der Waals surface area contributed by atoms with Crippen LogP contribution in [0, 0.1) is 0 Å². The lowest BCUT2D eigenvalue weighted by Gasteiger charge is -2.20. The summed E-state index contributed by atoms with van der Waals surface area (Å²) in [4.78, 5) is 12.7. The van der Waals surface area contributed by atoms with Crippen LogP contribution < -0.4 is 14.4 Å². The van der Waals surface area contributed by atoms with Crippen molar-refractivity contribution >= 4 is 33.2 Å². The highest BCUT2D eigenvalue weighted by molar-refractivity contribution is 7.92. The molecule has 26 heavy (non-hydrogen) atoms. The maximum atomic E-state index is 12.7. The molecule has 1 N–H and O–H groups in total. The summed E-state index contributed by atoms with van der Waals surface area (Å²) in [6.07, 6.45) is 1.10. The van der Waals surface area contributed by atoms with Gasteiger partial charge < -0.3 is 10.1 Å². The number of amides is 1. The van der Waals surface area contributed by atoms with E-state index in [2.05, 4.69) is 5.32 Å². The van der Waals surface area contributed by atoms with Crippen molar-refractivity contribution in [2.24, 2.45) is 0 Å². The van der Waals surface area contributed by atoms with Crippen LogP contribution >= 0.6 is 11.6 Å². The predicted molar refractivity (Wildman–Crippen MR) is 104 cm³/mol. The van der Waals surface area contributed by atoms with E-state index in [1.807, 2.05) is 19.1 Å². The zero-order chi connectivity index (χ0) is 19.5. The van der Waals surface area contributed by atoms with E-state index in [1.54, 1.807) is 24.3 Å².